The smallest absolute Gasteiger partial charge is 0.297 e. The Morgan fingerprint density at radius 2 is 1.64 bits per heavy atom. The van der Waals surface area contributed by atoms with Crippen molar-refractivity contribution in [3.63, 3.8) is 0 Å². The van der Waals surface area contributed by atoms with Crippen LogP contribution < -0.4 is 0 Å². The lowest BCUT2D eigenvalue weighted by molar-refractivity contribution is 0.176. The average molecular weight is 223 g/mol. The van der Waals surface area contributed by atoms with E-state index in [4.69, 9.17) is 9.05 Å². The molecule has 0 atom stereocenters. The maximum absolute atomic E-state index is 12.1. The molecule has 0 aromatic rings. The van der Waals surface area contributed by atoms with Gasteiger partial charge in [0.2, 0.25) is 0 Å². The minimum absolute atomic E-state index is 0.410. The maximum Gasteiger partial charge on any atom is 0.407 e. The molecule has 0 rings (SSSR count). The van der Waals surface area contributed by atoms with Crippen molar-refractivity contribution >= 4 is 7.75 Å². The van der Waals surface area contributed by atoms with Gasteiger partial charge in [-0.25, -0.2) is 9.24 Å². The van der Waals surface area contributed by atoms with Gasteiger partial charge in [0.05, 0.1) is 13.2 Å². The van der Waals surface area contributed by atoms with E-state index in [2.05, 4.69) is 6.92 Å². The van der Waals surface area contributed by atoms with Crippen LogP contribution in [0.2, 0.25) is 0 Å². The molecular formula is C9H22NO3P. The molecule has 0 fully saturated rings. The zero-order chi connectivity index (χ0) is 11.0. The van der Waals surface area contributed by atoms with Crippen LogP contribution in [0.3, 0.4) is 0 Å². The standard InChI is InChI=1S/C9H22NO3P/c1-5-8-9-10(4)14(11,12-6-2)13-7-3/h5-9H2,1-4H3. The lowest BCUT2D eigenvalue weighted by Gasteiger charge is -2.25. The summed E-state index contributed by atoms with van der Waals surface area (Å²) in [5.41, 5.74) is 0. The summed E-state index contributed by atoms with van der Waals surface area (Å²) in [6.45, 7) is 7.30. The van der Waals surface area contributed by atoms with Crippen molar-refractivity contribution in [2.75, 3.05) is 26.8 Å². The van der Waals surface area contributed by atoms with E-state index in [0.29, 0.717) is 13.2 Å². The monoisotopic (exact) mass is 223 g/mol. The van der Waals surface area contributed by atoms with E-state index < -0.39 is 7.75 Å². The first-order valence-corrected chi connectivity index (χ1v) is 6.71. The van der Waals surface area contributed by atoms with Crippen LogP contribution in [0.25, 0.3) is 0 Å². The molecule has 0 aliphatic carbocycles. The predicted octanol–water partition coefficient (Wildman–Crippen LogP) is 2.90. The highest BCUT2D eigenvalue weighted by atomic mass is 31.2. The van der Waals surface area contributed by atoms with Gasteiger partial charge in [0.1, 0.15) is 0 Å². The first-order valence-electron chi connectivity index (χ1n) is 5.21. The highest BCUT2D eigenvalue weighted by Crippen LogP contribution is 2.50. The third kappa shape index (κ3) is 4.56. The van der Waals surface area contributed by atoms with Gasteiger partial charge in [-0.1, -0.05) is 13.3 Å². The van der Waals surface area contributed by atoms with E-state index in [-0.39, 0.29) is 0 Å². The van der Waals surface area contributed by atoms with Crippen molar-refractivity contribution in [3.8, 4) is 0 Å². The Bertz CT molecular complexity index is 177. The minimum atomic E-state index is -3.01. The number of hydrogen-bond donors (Lipinski definition) is 0. The van der Waals surface area contributed by atoms with Gasteiger partial charge < -0.3 is 0 Å². The van der Waals surface area contributed by atoms with Crippen LogP contribution in [0.5, 0.6) is 0 Å². The van der Waals surface area contributed by atoms with Crippen molar-refractivity contribution in [1.29, 1.82) is 0 Å². The van der Waals surface area contributed by atoms with E-state index in [1.165, 1.54) is 0 Å². The highest BCUT2D eigenvalue weighted by molar-refractivity contribution is 7.51. The Kier molecular flexibility index (Phi) is 7.47. The molecule has 0 amide bonds. The third-order valence-electron chi connectivity index (χ3n) is 1.84. The predicted molar refractivity (Wildman–Crippen MR) is 58.4 cm³/mol. The first kappa shape index (κ1) is 14.1. The van der Waals surface area contributed by atoms with Gasteiger partial charge in [-0.2, -0.15) is 0 Å². The zero-order valence-electron chi connectivity index (χ0n) is 9.65. The zero-order valence-corrected chi connectivity index (χ0v) is 10.5. The second kappa shape index (κ2) is 7.41. The SMILES string of the molecule is CCCCN(C)P(=O)(OCC)OCC. The fourth-order valence-electron chi connectivity index (χ4n) is 1.07. The van der Waals surface area contributed by atoms with E-state index >= 15 is 0 Å². The van der Waals surface area contributed by atoms with Gasteiger partial charge in [-0.05, 0) is 27.3 Å². The molecule has 0 unspecified atom stereocenters. The van der Waals surface area contributed by atoms with Gasteiger partial charge in [0, 0.05) is 6.54 Å². The summed E-state index contributed by atoms with van der Waals surface area (Å²) < 4.78 is 24.2. The topological polar surface area (TPSA) is 38.8 Å². The number of hydrogen-bond acceptors (Lipinski definition) is 3. The molecule has 0 saturated heterocycles. The molecule has 4 nitrogen and oxygen atoms in total. The normalized spacial score (nSPS) is 12.4. The Labute approximate surface area is 87.2 Å². The summed E-state index contributed by atoms with van der Waals surface area (Å²) >= 11 is 0. The molecule has 0 aliphatic heterocycles. The van der Waals surface area contributed by atoms with Gasteiger partial charge >= 0.3 is 7.75 Å². The molecule has 86 valence electrons. The van der Waals surface area contributed by atoms with Gasteiger partial charge in [0.25, 0.3) is 0 Å². The molecular weight excluding hydrogens is 201 g/mol. The molecule has 0 radical (unpaired) electrons. The van der Waals surface area contributed by atoms with E-state index in [1.807, 2.05) is 13.8 Å². The van der Waals surface area contributed by atoms with Crippen LogP contribution in [-0.2, 0) is 13.6 Å². The Morgan fingerprint density at radius 3 is 2.00 bits per heavy atom. The number of nitrogens with zero attached hydrogens (tertiary/aromatic N) is 1. The van der Waals surface area contributed by atoms with Crippen LogP contribution >= 0.6 is 7.75 Å². The highest BCUT2D eigenvalue weighted by Gasteiger charge is 2.28. The van der Waals surface area contributed by atoms with Crippen LogP contribution in [0.4, 0.5) is 0 Å². The lowest BCUT2D eigenvalue weighted by Crippen LogP contribution is -2.19. The van der Waals surface area contributed by atoms with Crippen LogP contribution in [0.1, 0.15) is 33.6 Å². The van der Waals surface area contributed by atoms with Crippen LogP contribution in [-0.4, -0.2) is 31.5 Å². The van der Waals surface area contributed by atoms with Crippen LogP contribution in [0, 0.1) is 0 Å². The van der Waals surface area contributed by atoms with E-state index in [0.717, 1.165) is 19.4 Å². The molecule has 0 N–H and O–H groups in total. The van der Waals surface area contributed by atoms with Crippen LogP contribution in [0.15, 0.2) is 0 Å². The average Bonchev–Trinajstić information content (AvgIpc) is 2.15. The Balaban J connectivity index is 4.23. The van der Waals surface area contributed by atoms with Crippen molar-refractivity contribution in [2.45, 2.75) is 33.6 Å². The second-order valence-electron chi connectivity index (χ2n) is 3.04. The minimum Gasteiger partial charge on any atom is -0.297 e. The summed E-state index contributed by atoms with van der Waals surface area (Å²) in [4.78, 5) is 0. The van der Waals surface area contributed by atoms with Crippen molar-refractivity contribution < 1.29 is 13.6 Å². The van der Waals surface area contributed by atoms with E-state index in [1.54, 1.807) is 11.7 Å². The van der Waals surface area contributed by atoms with Gasteiger partial charge in [-0.15, -0.1) is 0 Å². The molecule has 0 bridgehead atoms. The molecule has 5 heteroatoms. The molecule has 0 aliphatic rings. The molecule has 0 spiro atoms. The fourth-order valence-corrected chi connectivity index (χ4v) is 2.58. The lowest BCUT2D eigenvalue weighted by atomic mass is 10.3. The van der Waals surface area contributed by atoms with Crippen molar-refractivity contribution in [2.24, 2.45) is 0 Å². The molecule has 0 aromatic heterocycles. The molecule has 0 aromatic carbocycles. The maximum atomic E-state index is 12.1. The van der Waals surface area contributed by atoms with Gasteiger partial charge in [-0.3, -0.25) is 9.05 Å². The Morgan fingerprint density at radius 1 is 1.14 bits per heavy atom. The third-order valence-corrected chi connectivity index (χ3v) is 4.04. The van der Waals surface area contributed by atoms with Crippen molar-refractivity contribution in [3.05, 3.63) is 0 Å². The summed E-state index contributed by atoms with van der Waals surface area (Å²) in [5.74, 6) is 0. The molecule has 0 heterocycles. The fraction of sp³-hybridized carbons (Fsp3) is 1.00. The number of unbranched alkanes of at least 4 members (excludes halogenated alkanes) is 1. The first-order chi connectivity index (χ1) is 6.60. The Hall–Kier alpha value is 0.110. The summed E-state index contributed by atoms with van der Waals surface area (Å²) in [6.07, 6.45) is 2.07. The molecule has 14 heavy (non-hydrogen) atoms. The summed E-state index contributed by atoms with van der Waals surface area (Å²) in [5, 5.41) is 0. The number of rotatable bonds is 8. The van der Waals surface area contributed by atoms with E-state index in [9.17, 15) is 4.57 Å². The second-order valence-corrected chi connectivity index (χ2v) is 5.18. The van der Waals surface area contributed by atoms with Crippen molar-refractivity contribution in [1.82, 2.24) is 4.67 Å². The quantitative estimate of drug-likeness (QED) is 0.593. The largest absolute Gasteiger partial charge is 0.407 e. The summed E-state index contributed by atoms with van der Waals surface area (Å²) in [7, 11) is -1.23. The molecule has 0 saturated carbocycles. The van der Waals surface area contributed by atoms with Gasteiger partial charge in [0.15, 0.2) is 0 Å². The summed E-state index contributed by atoms with van der Waals surface area (Å²) in [6, 6.07) is 0.